The van der Waals surface area contributed by atoms with Gasteiger partial charge in [0.1, 0.15) is 13.2 Å². The van der Waals surface area contributed by atoms with Crippen molar-refractivity contribution in [2.24, 2.45) is 0 Å². The topological polar surface area (TPSA) is 26.3 Å². The van der Waals surface area contributed by atoms with E-state index in [1.54, 1.807) is 6.92 Å². The number of esters is 1. The van der Waals surface area contributed by atoms with Crippen LogP contribution < -0.4 is 29.6 Å². The fourth-order valence-corrected chi connectivity index (χ4v) is 0.535. The van der Waals surface area contributed by atoms with E-state index in [2.05, 4.69) is 27.7 Å². The molecule has 70 valence electrons. The monoisotopic (exact) mass is 195 g/mol. The summed E-state index contributed by atoms with van der Waals surface area (Å²) in [6.07, 6.45) is 0. The zero-order chi connectivity index (χ0) is 9.78. The average Bonchev–Trinajstić information content (AvgIpc) is 1.84. The first-order chi connectivity index (χ1) is 5.33. The van der Waals surface area contributed by atoms with E-state index in [4.69, 9.17) is 4.74 Å². The van der Waals surface area contributed by atoms with E-state index < -0.39 is 0 Å². The van der Waals surface area contributed by atoms with Crippen molar-refractivity contribution >= 4 is 5.97 Å². The Bertz CT molecular complexity index is 185. The number of likely N-dealkylation sites (N-methyl/N-ethyl adjacent to an activating group) is 1. The molecule has 0 atom stereocenters. The standard InChI is InChI=1S/C9H18NO2.Na/c1-8(2)9(11)12-7-6-10(3,4)5;/h1,6-7H2,2-5H3;/q2*+1. The normalized spacial score (nSPS) is 10.2. The first-order valence-corrected chi connectivity index (χ1v) is 3.96. The third kappa shape index (κ3) is 10.1. The summed E-state index contributed by atoms with van der Waals surface area (Å²) in [5.74, 6) is -0.302. The van der Waals surface area contributed by atoms with Crippen LogP contribution in [-0.2, 0) is 9.53 Å². The molecule has 0 aliphatic carbocycles. The molecule has 0 unspecified atom stereocenters. The maximum Gasteiger partial charge on any atom is 1.00 e. The van der Waals surface area contributed by atoms with Crippen molar-refractivity contribution in [3.8, 4) is 0 Å². The largest absolute Gasteiger partial charge is 1.00 e. The predicted molar refractivity (Wildman–Crippen MR) is 48.7 cm³/mol. The number of ether oxygens (including phenoxy) is 1. The summed E-state index contributed by atoms with van der Waals surface area (Å²) in [4.78, 5) is 10.9. The van der Waals surface area contributed by atoms with Crippen LogP contribution in [0.5, 0.6) is 0 Å². The van der Waals surface area contributed by atoms with Crippen LogP contribution in [0.2, 0.25) is 0 Å². The molecular weight excluding hydrogens is 177 g/mol. The van der Waals surface area contributed by atoms with Gasteiger partial charge in [-0.05, 0) is 6.92 Å². The minimum Gasteiger partial charge on any atom is -0.456 e. The zero-order valence-electron chi connectivity index (χ0n) is 9.39. The average molecular weight is 195 g/mol. The van der Waals surface area contributed by atoms with E-state index in [0.29, 0.717) is 12.2 Å². The molecule has 0 aromatic rings. The number of carbonyl (C=O) groups is 1. The summed E-state index contributed by atoms with van der Waals surface area (Å²) < 4.78 is 5.72. The van der Waals surface area contributed by atoms with Gasteiger partial charge in [-0.3, -0.25) is 0 Å². The number of carbonyl (C=O) groups excluding carboxylic acids is 1. The van der Waals surface area contributed by atoms with E-state index in [9.17, 15) is 4.79 Å². The third-order valence-corrected chi connectivity index (χ3v) is 1.34. The summed E-state index contributed by atoms with van der Waals surface area (Å²) in [6, 6.07) is 0. The maximum atomic E-state index is 10.9. The van der Waals surface area contributed by atoms with Crippen LogP contribution >= 0.6 is 0 Å². The Hall–Kier alpha value is 0.170. The van der Waals surface area contributed by atoms with Gasteiger partial charge in [-0.25, -0.2) is 4.79 Å². The van der Waals surface area contributed by atoms with E-state index in [-0.39, 0.29) is 35.5 Å². The van der Waals surface area contributed by atoms with Crippen LogP contribution in [-0.4, -0.2) is 44.7 Å². The molecule has 0 spiro atoms. The molecule has 0 N–H and O–H groups in total. The van der Waals surface area contributed by atoms with Crippen LogP contribution in [0.4, 0.5) is 0 Å². The van der Waals surface area contributed by atoms with Gasteiger partial charge in [0.05, 0.1) is 21.1 Å². The predicted octanol–water partition coefficient (Wildman–Crippen LogP) is -2.18. The maximum absolute atomic E-state index is 10.9. The smallest absolute Gasteiger partial charge is 0.456 e. The van der Waals surface area contributed by atoms with Gasteiger partial charge < -0.3 is 9.22 Å². The van der Waals surface area contributed by atoms with Gasteiger partial charge >= 0.3 is 35.5 Å². The second-order valence-electron chi connectivity index (χ2n) is 3.93. The van der Waals surface area contributed by atoms with Crippen molar-refractivity contribution in [2.75, 3.05) is 34.3 Å². The molecule has 0 fully saturated rings. The molecule has 0 aromatic carbocycles. The molecule has 3 nitrogen and oxygen atoms in total. The van der Waals surface area contributed by atoms with Gasteiger partial charge in [0.25, 0.3) is 0 Å². The van der Waals surface area contributed by atoms with Gasteiger partial charge in [-0.15, -0.1) is 0 Å². The van der Waals surface area contributed by atoms with Crippen molar-refractivity contribution in [3.63, 3.8) is 0 Å². The zero-order valence-corrected chi connectivity index (χ0v) is 11.4. The Morgan fingerprint density at radius 1 is 1.38 bits per heavy atom. The van der Waals surface area contributed by atoms with Crippen molar-refractivity contribution < 1.29 is 43.6 Å². The van der Waals surface area contributed by atoms with Gasteiger partial charge in [0, 0.05) is 5.57 Å². The second-order valence-corrected chi connectivity index (χ2v) is 3.93. The molecular formula is C9H18NNaO2+2. The molecule has 0 aliphatic heterocycles. The SMILES string of the molecule is C=C(C)C(=O)OCC[N+](C)(C)C.[Na+]. The quantitative estimate of drug-likeness (QED) is 0.221. The number of hydrogen-bond donors (Lipinski definition) is 0. The van der Waals surface area contributed by atoms with Gasteiger partial charge in [0.15, 0.2) is 0 Å². The van der Waals surface area contributed by atoms with Gasteiger partial charge in [-0.2, -0.15) is 0 Å². The first-order valence-electron chi connectivity index (χ1n) is 3.96. The second kappa shape index (κ2) is 6.60. The van der Waals surface area contributed by atoms with Crippen molar-refractivity contribution in [1.82, 2.24) is 0 Å². The van der Waals surface area contributed by atoms with E-state index in [0.717, 1.165) is 11.0 Å². The first kappa shape index (κ1) is 15.6. The fraction of sp³-hybridized carbons (Fsp3) is 0.667. The fourth-order valence-electron chi connectivity index (χ4n) is 0.535. The molecule has 0 heterocycles. The number of hydrogen-bond acceptors (Lipinski definition) is 2. The van der Waals surface area contributed by atoms with Crippen molar-refractivity contribution in [3.05, 3.63) is 12.2 Å². The van der Waals surface area contributed by atoms with E-state index >= 15 is 0 Å². The summed E-state index contributed by atoms with van der Waals surface area (Å²) in [5.41, 5.74) is 0.455. The van der Waals surface area contributed by atoms with Gasteiger partial charge in [0.2, 0.25) is 0 Å². The Morgan fingerprint density at radius 2 is 1.85 bits per heavy atom. The number of quaternary nitrogens is 1. The Labute approximate surface area is 103 Å². The van der Waals surface area contributed by atoms with Crippen LogP contribution in [0, 0.1) is 0 Å². The van der Waals surface area contributed by atoms with Crippen LogP contribution in [0.15, 0.2) is 12.2 Å². The summed E-state index contributed by atoms with van der Waals surface area (Å²) in [5, 5.41) is 0. The Morgan fingerprint density at radius 3 is 2.15 bits per heavy atom. The van der Waals surface area contributed by atoms with Crippen LogP contribution in [0.1, 0.15) is 6.92 Å². The molecule has 0 aliphatic rings. The van der Waals surface area contributed by atoms with Crippen molar-refractivity contribution in [1.29, 1.82) is 0 Å². The minimum absolute atomic E-state index is 0. The summed E-state index contributed by atoms with van der Waals surface area (Å²) in [7, 11) is 6.15. The molecule has 0 bridgehead atoms. The van der Waals surface area contributed by atoms with Crippen molar-refractivity contribution in [2.45, 2.75) is 6.92 Å². The molecule has 0 rings (SSSR count). The van der Waals surface area contributed by atoms with Crippen LogP contribution in [0.25, 0.3) is 0 Å². The Kier molecular flexibility index (Phi) is 7.93. The van der Waals surface area contributed by atoms with E-state index in [1.807, 2.05) is 0 Å². The third-order valence-electron chi connectivity index (χ3n) is 1.34. The molecule has 4 heteroatoms. The molecule has 0 radical (unpaired) electrons. The van der Waals surface area contributed by atoms with Gasteiger partial charge in [-0.1, -0.05) is 6.58 Å². The molecule has 0 saturated carbocycles. The van der Waals surface area contributed by atoms with E-state index in [1.165, 1.54) is 0 Å². The summed E-state index contributed by atoms with van der Waals surface area (Å²) >= 11 is 0. The Balaban J connectivity index is 0. The molecule has 0 aromatic heterocycles. The van der Waals surface area contributed by atoms with Crippen LogP contribution in [0.3, 0.4) is 0 Å². The molecule has 0 saturated heterocycles. The molecule has 13 heavy (non-hydrogen) atoms. The minimum atomic E-state index is -0.302. The summed E-state index contributed by atoms with van der Waals surface area (Å²) in [6.45, 7) is 6.41. The molecule has 0 amide bonds. The number of nitrogens with zero attached hydrogens (tertiary/aromatic N) is 1. The number of rotatable bonds is 4.